The van der Waals surface area contributed by atoms with E-state index in [4.69, 9.17) is 9.47 Å². The number of hydrogen-bond donors (Lipinski definition) is 0. The lowest BCUT2D eigenvalue weighted by atomic mass is 10.1. The first-order valence-corrected chi connectivity index (χ1v) is 3.60. The molecule has 0 saturated heterocycles. The van der Waals surface area contributed by atoms with Gasteiger partial charge in [-0.15, -0.1) is 0 Å². The van der Waals surface area contributed by atoms with E-state index in [-0.39, 0.29) is 11.7 Å². The molecule has 0 aromatic rings. The van der Waals surface area contributed by atoms with Crippen molar-refractivity contribution >= 4 is 5.78 Å². The molecule has 0 aromatic heterocycles. The van der Waals surface area contributed by atoms with Crippen LogP contribution in [0.2, 0.25) is 0 Å². The molecule has 1 unspecified atom stereocenters. The van der Waals surface area contributed by atoms with E-state index in [1.807, 2.05) is 6.08 Å². The number of allylic oxidation sites excluding steroid dienone is 1. The zero-order chi connectivity index (χ0) is 8.10. The Hall–Kier alpha value is -0.670. The largest absolute Gasteiger partial charge is 0.359 e. The van der Waals surface area contributed by atoms with Crippen molar-refractivity contribution in [3.63, 3.8) is 0 Å². The first-order chi connectivity index (χ1) is 5.33. The van der Waals surface area contributed by atoms with Crippen molar-refractivity contribution in [2.75, 3.05) is 20.5 Å². The number of carbonyl (C=O) groups is 1. The van der Waals surface area contributed by atoms with E-state index < -0.39 is 0 Å². The Labute approximate surface area is 66.0 Å². The normalized spacial score (nSPS) is 23.0. The van der Waals surface area contributed by atoms with E-state index in [9.17, 15) is 4.79 Å². The molecule has 0 radical (unpaired) electrons. The van der Waals surface area contributed by atoms with Crippen LogP contribution in [0.3, 0.4) is 0 Å². The third-order valence-electron chi connectivity index (χ3n) is 1.55. The maximum Gasteiger partial charge on any atom is 0.156 e. The van der Waals surface area contributed by atoms with E-state index in [1.54, 1.807) is 13.2 Å². The summed E-state index contributed by atoms with van der Waals surface area (Å²) in [5.41, 5.74) is 0. The van der Waals surface area contributed by atoms with Crippen LogP contribution in [0, 0.1) is 5.92 Å². The molecule has 0 amide bonds. The fraction of sp³-hybridized carbons (Fsp3) is 0.625. The molecule has 62 valence electrons. The molecular formula is C8H12O3. The third kappa shape index (κ3) is 2.82. The second-order valence-electron chi connectivity index (χ2n) is 2.57. The molecular weight excluding hydrogens is 144 g/mol. The second kappa shape index (κ2) is 4.26. The summed E-state index contributed by atoms with van der Waals surface area (Å²) in [7, 11) is 1.58. The predicted octanol–water partition coefficient (Wildman–Crippen LogP) is 0.752. The minimum absolute atomic E-state index is 0.191. The van der Waals surface area contributed by atoms with E-state index in [0.717, 1.165) is 0 Å². The lowest BCUT2D eigenvalue weighted by molar-refractivity contribution is -0.115. The molecule has 1 aliphatic rings. The van der Waals surface area contributed by atoms with E-state index in [1.165, 1.54) is 0 Å². The fourth-order valence-electron chi connectivity index (χ4n) is 1.04. The van der Waals surface area contributed by atoms with Gasteiger partial charge in [-0.25, -0.2) is 0 Å². The zero-order valence-electron chi connectivity index (χ0n) is 6.58. The van der Waals surface area contributed by atoms with Crippen molar-refractivity contribution in [3.8, 4) is 0 Å². The quantitative estimate of drug-likeness (QED) is 0.445. The lowest BCUT2D eigenvalue weighted by Crippen LogP contribution is -2.08. The second-order valence-corrected chi connectivity index (χ2v) is 2.57. The van der Waals surface area contributed by atoms with Crippen molar-refractivity contribution in [3.05, 3.63) is 12.2 Å². The van der Waals surface area contributed by atoms with Crippen LogP contribution in [0.15, 0.2) is 12.2 Å². The predicted molar refractivity (Wildman–Crippen MR) is 40.1 cm³/mol. The van der Waals surface area contributed by atoms with E-state index >= 15 is 0 Å². The highest BCUT2D eigenvalue weighted by molar-refractivity contribution is 5.92. The standard InChI is InChI=1S/C8H12O3/c1-10-6-11-5-7-2-3-8(9)4-7/h2-3,7H,4-6H2,1H3. The molecule has 1 aliphatic carbocycles. The van der Waals surface area contributed by atoms with Crippen LogP contribution in [0.5, 0.6) is 0 Å². The molecule has 0 aliphatic heterocycles. The van der Waals surface area contributed by atoms with Gasteiger partial charge in [0.1, 0.15) is 6.79 Å². The molecule has 3 heteroatoms. The van der Waals surface area contributed by atoms with E-state index in [2.05, 4.69) is 0 Å². The number of hydrogen-bond acceptors (Lipinski definition) is 3. The summed E-state index contributed by atoms with van der Waals surface area (Å²) in [6.45, 7) is 0.884. The van der Waals surface area contributed by atoms with Crippen LogP contribution in [0.25, 0.3) is 0 Å². The van der Waals surface area contributed by atoms with Gasteiger partial charge < -0.3 is 9.47 Å². The molecule has 0 saturated carbocycles. The maximum atomic E-state index is 10.7. The molecule has 11 heavy (non-hydrogen) atoms. The number of methoxy groups -OCH3 is 1. The number of ketones is 1. The zero-order valence-corrected chi connectivity index (χ0v) is 6.58. The third-order valence-corrected chi connectivity index (χ3v) is 1.55. The number of ether oxygens (including phenoxy) is 2. The summed E-state index contributed by atoms with van der Waals surface area (Å²) >= 11 is 0. The van der Waals surface area contributed by atoms with Gasteiger partial charge in [0, 0.05) is 19.4 Å². The fourth-order valence-corrected chi connectivity index (χ4v) is 1.04. The Morgan fingerprint density at radius 3 is 3.09 bits per heavy atom. The van der Waals surface area contributed by atoms with Crippen LogP contribution < -0.4 is 0 Å². The van der Waals surface area contributed by atoms with Crippen LogP contribution in [0.1, 0.15) is 6.42 Å². The van der Waals surface area contributed by atoms with Gasteiger partial charge in [-0.05, 0) is 6.08 Å². The molecule has 0 bridgehead atoms. The van der Waals surface area contributed by atoms with Crippen LogP contribution in [0.4, 0.5) is 0 Å². The van der Waals surface area contributed by atoms with Crippen molar-refractivity contribution in [2.24, 2.45) is 5.92 Å². The first-order valence-electron chi connectivity index (χ1n) is 3.60. The molecule has 0 N–H and O–H groups in total. The Bertz CT molecular complexity index is 163. The van der Waals surface area contributed by atoms with Gasteiger partial charge in [0.2, 0.25) is 0 Å². The summed E-state index contributed by atoms with van der Waals surface area (Å²) in [4.78, 5) is 10.7. The smallest absolute Gasteiger partial charge is 0.156 e. The van der Waals surface area contributed by atoms with E-state index in [0.29, 0.717) is 19.8 Å². The number of carbonyl (C=O) groups excluding carboxylic acids is 1. The van der Waals surface area contributed by atoms with Gasteiger partial charge in [0.25, 0.3) is 0 Å². The number of rotatable bonds is 4. The van der Waals surface area contributed by atoms with Gasteiger partial charge in [-0.1, -0.05) is 6.08 Å². The Morgan fingerprint density at radius 1 is 1.73 bits per heavy atom. The SMILES string of the molecule is COCOCC1C=CC(=O)C1. The Kier molecular flexibility index (Phi) is 3.26. The average Bonchev–Trinajstić information content (AvgIpc) is 2.37. The highest BCUT2D eigenvalue weighted by Gasteiger charge is 2.15. The summed E-state index contributed by atoms with van der Waals surface area (Å²) in [6, 6.07) is 0. The molecule has 0 fully saturated rings. The van der Waals surface area contributed by atoms with Crippen LogP contribution >= 0.6 is 0 Å². The molecule has 0 heterocycles. The molecule has 1 atom stereocenters. The lowest BCUT2D eigenvalue weighted by Gasteiger charge is -2.06. The molecule has 0 spiro atoms. The Balaban J connectivity index is 2.09. The van der Waals surface area contributed by atoms with Gasteiger partial charge in [0.15, 0.2) is 5.78 Å². The molecule has 3 nitrogen and oxygen atoms in total. The minimum atomic E-state index is 0.191. The van der Waals surface area contributed by atoms with Gasteiger partial charge in [-0.3, -0.25) is 4.79 Å². The first kappa shape index (κ1) is 8.43. The Morgan fingerprint density at radius 2 is 2.55 bits per heavy atom. The monoisotopic (exact) mass is 156 g/mol. The van der Waals surface area contributed by atoms with Gasteiger partial charge in [-0.2, -0.15) is 0 Å². The molecule has 1 rings (SSSR count). The van der Waals surface area contributed by atoms with Gasteiger partial charge in [0.05, 0.1) is 6.61 Å². The highest BCUT2D eigenvalue weighted by atomic mass is 16.7. The van der Waals surface area contributed by atoms with Crippen LogP contribution in [-0.4, -0.2) is 26.3 Å². The van der Waals surface area contributed by atoms with Crippen LogP contribution in [-0.2, 0) is 14.3 Å². The van der Waals surface area contributed by atoms with Crippen molar-refractivity contribution in [1.29, 1.82) is 0 Å². The minimum Gasteiger partial charge on any atom is -0.359 e. The topological polar surface area (TPSA) is 35.5 Å². The summed E-state index contributed by atoms with van der Waals surface area (Å²) < 4.78 is 9.79. The van der Waals surface area contributed by atoms with Crippen molar-refractivity contribution < 1.29 is 14.3 Å². The summed E-state index contributed by atoms with van der Waals surface area (Å²) in [6.07, 6.45) is 4.09. The summed E-state index contributed by atoms with van der Waals surface area (Å²) in [5.74, 6) is 0.452. The average molecular weight is 156 g/mol. The molecule has 0 aromatic carbocycles. The van der Waals surface area contributed by atoms with Crippen molar-refractivity contribution in [1.82, 2.24) is 0 Å². The summed E-state index contributed by atoms with van der Waals surface area (Å²) in [5, 5.41) is 0. The maximum absolute atomic E-state index is 10.7. The highest BCUT2D eigenvalue weighted by Crippen LogP contribution is 2.13. The van der Waals surface area contributed by atoms with Crippen molar-refractivity contribution in [2.45, 2.75) is 6.42 Å². The van der Waals surface area contributed by atoms with Gasteiger partial charge >= 0.3 is 0 Å².